The Morgan fingerprint density at radius 2 is 1.91 bits per heavy atom. The highest BCUT2D eigenvalue weighted by Gasteiger charge is 2.30. The molecular weight excluding hydrogens is 293 g/mol. The summed E-state index contributed by atoms with van der Waals surface area (Å²) in [5, 5.41) is 2.60. The van der Waals surface area contributed by atoms with Crippen LogP contribution >= 0.6 is 0 Å². The first-order valence-electron chi connectivity index (χ1n) is 6.65. The van der Waals surface area contributed by atoms with Gasteiger partial charge in [0.25, 0.3) is 0 Å². The van der Waals surface area contributed by atoms with Gasteiger partial charge in [-0.15, -0.1) is 0 Å². The summed E-state index contributed by atoms with van der Waals surface area (Å²) < 4.78 is 37.9. The molecule has 1 aromatic heterocycles. The zero-order valence-electron chi connectivity index (χ0n) is 12.2. The van der Waals surface area contributed by atoms with Crippen molar-refractivity contribution in [2.24, 2.45) is 0 Å². The molecule has 0 atom stereocenters. The Bertz CT molecular complexity index is 676. The van der Waals surface area contributed by atoms with Crippen molar-refractivity contribution in [3.8, 4) is 0 Å². The molecule has 0 aliphatic carbocycles. The summed E-state index contributed by atoms with van der Waals surface area (Å²) in [5.41, 5.74) is 1.25. The normalized spacial score (nSPS) is 11.3. The van der Waals surface area contributed by atoms with Crippen LogP contribution in [0.1, 0.15) is 22.4 Å². The molecule has 1 N–H and O–H groups in total. The monoisotopic (exact) mass is 308 g/mol. The van der Waals surface area contributed by atoms with Crippen molar-refractivity contribution in [2.45, 2.75) is 26.4 Å². The average molecular weight is 308 g/mol. The largest absolute Gasteiger partial charge is 0.416 e. The number of pyridine rings is 1. The molecule has 2 rings (SSSR count). The third-order valence-electron chi connectivity index (χ3n) is 2.98. The summed E-state index contributed by atoms with van der Waals surface area (Å²) >= 11 is 0. The van der Waals surface area contributed by atoms with E-state index < -0.39 is 17.6 Å². The highest BCUT2D eigenvalue weighted by atomic mass is 19.4. The lowest BCUT2D eigenvalue weighted by Crippen LogP contribution is -2.16. The zero-order valence-corrected chi connectivity index (χ0v) is 12.2. The second-order valence-corrected chi connectivity index (χ2v) is 5.09. The summed E-state index contributed by atoms with van der Waals surface area (Å²) in [7, 11) is 0. The quantitative estimate of drug-likeness (QED) is 0.934. The van der Waals surface area contributed by atoms with E-state index in [4.69, 9.17) is 0 Å². The van der Waals surface area contributed by atoms with Crippen LogP contribution in [0.15, 0.2) is 36.4 Å². The first-order chi connectivity index (χ1) is 10.2. The fourth-order valence-electron chi connectivity index (χ4n) is 2.14. The predicted molar refractivity (Wildman–Crippen MR) is 77.5 cm³/mol. The summed E-state index contributed by atoms with van der Waals surface area (Å²) in [5.74, 6) is -0.00806. The molecule has 0 bridgehead atoms. The maximum absolute atomic E-state index is 12.6. The molecule has 6 heteroatoms. The topological polar surface area (TPSA) is 42.0 Å². The number of carbonyl (C=O) groups excluding carboxylic acids is 1. The molecule has 2 aromatic rings. The lowest BCUT2D eigenvalue weighted by atomic mass is 10.1. The lowest BCUT2D eigenvalue weighted by molar-refractivity contribution is -0.137. The first kappa shape index (κ1) is 16.0. The van der Waals surface area contributed by atoms with Gasteiger partial charge in [0.15, 0.2) is 0 Å². The van der Waals surface area contributed by atoms with E-state index in [1.54, 1.807) is 13.0 Å². The van der Waals surface area contributed by atoms with Crippen LogP contribution in [-0.4, -0.2) is 10.9 Å². The number of hydrogen-bond acceptors (Lipinski definition) is 2. The molecule has 0 saturated carbocycles. The number of hydrogen-bond donors (Lipinski definition) is 1. The van der Waals surface area contributed by atoms with Crippen molar-refractivity contribution < 1.29 is 18.0 Å². The molecule has 22 heavy (non-hydrogen) atoms. The van der Waals surface area contributed by atoms with Crippen LogP contribution in [0.2, 0.25) is 0 Å². The van der Waals surface area contributed by atoms with E-state index in [-0.39, 0.29) is 6.42 Å². The number of alkyl halides is 3. The minimum atomic E-state index is -4.41. The number of nitrogens with one attached hydrogen (secondary N) is 1. The molecule has 1 aromatic carbocycles. The minimum absolute atomic E-state index is 0.140. The number of carbonyl (C=O) groups is 1. The van der Waals surface area contributed by atoms with Crippen LogP contribution < -0.4 is 5.32 Å². The summed E-state index contributed by atoms with van der Waals surface area (Å²) in [6.45, 7) is 3.67. The van der Waals surface area contributed by atoms with E-state index in [9.17, 15) is 18.0 Å². The standard InChI is InChI=1S/C16H15F3N2O/c1-10-6-11(2)20-14(7-10)21-15(22)9-12-4-3-5-13(8-12)16(17,18)19/h3-8H,9H2,1-2H3,(H,20,21,22). The second kappa shape index (κ2) is 6.17. The molecular formula is C16H15F3N2O. The molecule has 1 heterocycles. The van der Waals surface area contributed by atoms with Crippen molar-refractivity contribution in [3.63, 3.8) is 0 Å². The zero-order chi connectivity index (χ0) is 16.3. The van der Waals surface area contributed by atoms with Gasteiger partial charge in [-0.25, -0.2) is 4.98 Å². The average Bonchev–Trinajstić information content (AvgIpc) is 2.36. The SMILES string of the molecule is Cc1cc(C)nc(NC(=O)Cc2cccc(C(F)(F)F)c2)c1. The van der Waals surface area contributed by atoms with Crippen LogP contribution in [0, 0.1) is 13.8 Å². The van der Waals surface area contributed by atoms with Gasteiger partial charge in [-0.3, -0.25) is 4.79 Å². The molecule has 0 unspecified atom stereocenters. The van der Waals surface area contributed by atoms with Gasteiger partial charge < -0.3 is 5.32 Å². The van der Waals surface area contributed by atoms with Crippen molar-refractivity contribution >= 4 is 11.7 Å². The minimum Gasteiger partial charge on any atom is -0.310 e. The van der Waals surface area contributed by atoms with Crippen LogP contribution in [0.4, 0.5) is 19.0 Å². The van der Waals surface area contributed by atoms with E-state index in [0.717, 1.165) is 23.4 Å². The number of rotatable bonds is 3. The van der Waals surface area contributed by atoms with Gasteiger partial charge in [0.2, 0.25) is 5.91 Å². The van der Waals surface area contributed by atoms with Crippen molar-refractivity contribution in [1.29, 1.82) is 0 Å². The van der Waals surface area contributed by atoms with Gasteiger partial charge in [0.05, 0.1) is 12.0 Å². The molecule has 3 nitrogen and oxygen atoms in total. The number of amides is 1. The highest BCUT2D eigenvalue weighted by molar-refractivity contribution is 5.91. The lowest BCUT2D eigenvalue weighted by Gasteiger charge is -2.09. The first-order valence-corrected chi connectivity index (χ1v) is 6.65. The predicted octanol–water partition coefficient (Wildman–Crippen LogP) is 3.90. The fraction of sp³-hybridized carbons (Fsp3) is 0.250. The molecule has 1 amide bonds. The Hall–Kier alpha value is -2.37. The van der Waals surface area contributed by atoms with E-state index in [0.29, 0.717) is 11.4 Å². The van der Waals surface area contributed by atoms with Gasteiger partial charge >= 0.3 is 6.18 Å². The van der Waals surface area contributed by atoms with Gasteiger partial charge in [0.1, 0.15) is 5.82 Å². The number of halogens is 3. The van der Waals surface area contributed by atoms with Gasteiger partial charge in [-0.2, -0.15) is 13.2 Å². The molecule has 116 valence electrons. The maximum Gasteiger partial charge on any atom is 0.416 e. The summed E-state index contributed by atoms with van der Waals surface area (Å²) in [6, 6.07) is 8.31. The number of anilines is 1. The van der Waals surface area contributed by atoms with Crippen LogP contribution in [0.3, 0.4) is 0 Å². The highest BCUT2D eigenvalue weighted by Crippen LogP contribution is 2.29. The van der Waals surface area contributed by atoms with Crippen LogP contribution in [0.25, 0.3) is 0 Å². The molecule has 0 saturated heterocycles. The Kier molecular flexibility index (Phi) is 4.49. The van der Waals surface area contributed by atoms with Crippen molar-refractivity contribution in [3.05, 3.63) is 58.8 Å². The van der Waals surface area contributed by atoms with Gasteiger partial charge in [-0.1, -0.05) is 18.2 Å². The van der Waals surface area contributed by atoms with Crippen molar-refractivity contribution in [2.75, 3.05) is 5.32 Å². The van der Waals surface area contributed by atoms with Gasteiger partial charge in [0, 0.05) is 5.69 Å². The molecule has 0 spiro atoms. The smallest absolute Gasteiger partial charge is 0.310 e. The summed E-state index contributed by atoms with van der Waals surface area (Å²) in [4.78, 5) is 16.1. The van der Waals surface area contributed by atoms with E-state index in [2.05, 4.69) is 10.3 Å². The maximum atomic E-state index is 12.6. The molecule has 0 fully saturated rings. The summed E-state index contributed by atoms with van der Waals surface area (Å²) in [6.07, 6.45) is -4.56. The van der Waals surface area contributed by atoms with E-state index in [1.807, 2.05) is 13.0 Å². The Morgan fingerprint density at radius 1 is 1.18 bits per heavy atom. The molecule has 0 radical (unpaired) electrons. The molecule has 0 aliphatic heterocycles. The van der Waals surface area contributed by atoms with Crippen LogP contribution in [-0.2, 0) is 17.4 Å². The number of benzene rings is 1. The Balaban J connectivity index is 2.09. The number of nitrogens with zero attached hydrogens (tertiary/aromatic N) is 1. The Labute approximate surface area is 126 Å². The van der Waals surface area contributed by atoms with E-state index in [1.165, 1.54) is 12.1 Å². The third-order valence-corrected chi connectivity index (χ3v) is 2.98. The fourth-order valence-corrected chi connectivity index (χ4v) is 2.14. The van der Waals surface area contributed by atoms with Crippen LogP contribution in [0.5, 0.6) is 0 Å². The van der Waals surface area contributed by atoms with E-state index >= 15 is 0 Å². The second-order valence-electron chi connectivity index (χ2n) is 5.09. The molecule has 0 aliphatic rings. The van der Waals surface area contributed by atoms with Crippen molar-refractivity contribution in [1.82, 2.24) is 4.98 Å². The third kappa shape index (κ3) is 4.31. The number of aryl methyl sites for hydroxylation is 2. The Morgan fingerprint density at radius 3 is 2.55 bits per heavy atom. The number of aromatic nitrogens is 1. The van der Waals surface area contributed by atoms with Gasteiger partial charge in [-0.05, 0) is 43.2 Å².